The van der Waals surface area contributed by atoms with E-state index in [-0.39, 0.29) is 0 Å². The van der Waals surface area contributed by atoms with Crippen molar-refractivity contribution < 1.29 is 0 Å². The van der Waals surface area contributed by atoms with Crippen molar-refractivity contribution in [3.8, 4) is 27.9 Å². The lowest BCUT2D eigenvalue weighted by atomic mass is 9.84. The highest BCUT2D eigenvalue weighted by Gasteiger charge is 2.23. The zero-order valence-electron chi connectivity index (χ0n) is 26.4. The van der Waals surface area contributed by atoms with Gasteiger partial charge in [-0.1, -0.05) is 115 Å². The normalized spacial score (nSPS) is 12.1. The van der Waals surface area contributed by atoms with Crippen LogP contribution in [0.25, 0.3) is 102 Å². The lowest BCUT2D eigenvalue weighted by Crippen LogP contribution is -1.94. The van der Waals surface area contributed by atoms with Crippen LogP contribution < -0.4 is 0 Å². The molecule has 0 aliphatic heterocycles. The molecule has 0 N–H and O–H groups in total. The van der Waals surface area contributed by atoms with Gasteiger partial charge in [0.15, 0.2) is 0 Å². The van der Waals surface area contributed by atoms with Crippen LogP contribution in [0.4, 0.5) is 0 Å². The molecule has 3 heteroatoms. The minimum Gasteiger partial charge on any atom is -0.309 e. The van der Waals surface area contributed by atoms with Crippen LogP contribution in [0.1, 0.15) is 0 Å². The summed E-state index contributed by atoms with van der Waals surface area (Å²) < 4.78 is 6.41. The van der Waals surface area contributed by atoms with Gasteiger partial charge in [0.1, 0.15) is 0 Å². The molecule has 0 aliphatic rings. The van der Waals surface area contributed by atoms with Gasteiger partial charge in [-0.25, -0.2) is 0 Å². The molecule has 11 aromatic rings. The van der Waals surface area contributed by atoms with E-state index in [1.807, 2.05) is 22.7 Å². The Morgan fingerprint density at radius 1 is 0.408 bits per heavy atom. The van der Waals surface area contributed by atoms with Crippen molar-refractivity contribution in [2.75, 3.05) is 0 Å². The number of benzene rings is 8. The average Bonchev–Trinajstić information content (AvgIpc) is 3.86. The van der Waals surface area contributed by atoms with E-state index >= 15 is 0 Å². The number of rotatable bonds is 3. The Morgan fingerprint density at radius 2 is 1.06 bits per heavy atom. The molecule has 0 spiro atoms. The fourth-order valence-electron chi connectivity index (χ4n) is 8.19. The molecule has 49 heavy (non-hydrogen) atoms. The second kappa shape index (κ2) is 10.4. The molecule has 11 rings (SSSR count). The van der Waals surface area contributed by atoms with E-state index in [4.69, 9.17) is 0 Å². The molecule has 0 unspecified atom stereocenters. The van der Waals surface area contributed by atoms with E-state index in [0.717, 1.165) is 0 Å². The van der Waals surface area contributed by atoms with Gasteiger partial charge < -0.3 is 4.57 Å². The summed E-state index contributed by atoms with van der Waals surface area (Å²) in [6.07, 6.45) is 0. The van der Waals surface area contributed by atoms with Crippen LogP contribution in [0.2, 0.25) is 0 Å². The molecule has 0 saturated carbocycles. The van der Waals surface area contributed by atoms with Crippen molar-refractivity contribution in [3.63, 3.8) is 0 Å². The Balaban J connectivity index is 1.32. The van der Waals surface area contributed by atoms with Crippen LogP contribution in [0, 0.1) is 0 Å². The molecule has 0 radical (unpaired) electrons. The van der Waals surface area contributed by atoms with E-state index < -0.39 is 0 Å². The molecule has 0 bridgehead atoms. The van der Waals surface area contributed by atoms with E-state index in [1.54, 1.807) is 0 Å². The molecule has 0 fully saturated rings. The summed E-state index contributed by atoms with van der Waals surface area (Å²) in [6.45, 7) is 0. The molecule has 228 valence electrons. The van der Waals surface area contributed by atoms with E-state index in [0.29, 0.717) is 0 Å². The predicted octanol–water partition coefficient (Wildman–Crippen LogP) is 14.0. The van der Waals surface area contributed by atoms with Crippen LogP contribution in [0.3, 0.4) is 0 Å². The van der Waals surface area contributed by atoms with E-state index in [1.165, 1.54) is 102 Å². The molecule has 3 heterocycles. The van der Waals surface area contributed by atoms with Crippen molar-refractivity contribution in [1.82, 2.24) is 4.57 Å². The first-order valence-corrected chi connectivity index (χ1v) is 18.4. The molecule has 0 amide bonds. The van der Waals surface area contributed by atoms with Crippen molar-refractivity contribution in [1.29, 1.82) is 0 Å². The Kier molecular flexibility index (Phi) is 5.77. The molecule has 3 aromatic heterocycles. The third-order valence-corrected chi connectivity index (χ3v) is 12.4. The highest BCUT2D eigenvalue weighted by Crippen LogP contribution is 2.51. The number of nitrogens with zero attached hydrogens (tertiary/aromatic N) is 1. The van der Waals surface area contributed by atoms with Gasteiger partial charge in [-0.3, -0.25) is 0 Å². The summed E-state index contributed by atoms with van der Waals surface area (Å²) in [4.78, 5) is 0. The smallest absolute Gasteiger partial charge is 0.0541 e. The highest BCUT2D eigenvalue weighted by molar-refractivity contribution is 7.26. The zero-order valence-corrected chi connectivity index (χ0v) is 28.0. The summed E-state index contributed by atoms with van der Waals surface area (Å²) in [5, 5.41) is 14.1. The quantitative estimate of drug-likeness (QED) is 0.167. The van der Waals surface area contributed by atoms with Crippen LogP contribution >= 0.6 is 22.7 Å². The maximum Gasteiger partial charge on any atom is 0.0541 e. The highest BCUT2D eigenvalue weighted by atomic mass is 32.1. The number of thiophene rings is 2. The van der Waals surface area contributed by atoms with Gasteiger partial charge in [-0.05, 0) is 80.7 Å². The van der Waals surface area contributed by atoms with Gasteiger partial charge >= 0.3 is 0 Å². The van der Waals surface area contributed by atoms with Crippen LogP contribution in [0.15, 0.2) is 163 Å². The Morgan fingerprint density at radius 3 is 1.92 bits per heavy atom. The van der Waals surface area contributed by atoms with Crippen molar-refractivity contribution in [2.24, 2.45) is 0 Å². The van der Waals surface area contributed by atoms with Gasteiger partial charge in [0.2, 0.25) is 0 Å². The second-order valence-corrected chi connectivity index (χ2v) is 14.8. The minimum atomic E-state index is 1.18. The largest absolute Gasteiger partial charge is 0.309 e. The molecule has 0 saturated heterocycles. The third kappa shape index (κ3) is 3.86. The number of aromatic nitrogens is 1. The fraction of sp³-hybridized carbons (Fsp3) is 0. The summed E-state index contributed by atoms with van der Waals surface area (Å²) in [6, 6.07) is 58.2. The number of para-hydroxylation sites is 2. The van der Waals surface area contributed by atoms with E-state index in [9.17, 15) is 0 Å². The van der Waals surface area contributed by atoms with Gasteiger partial charge in [0.05, 0.1) is 11.0 Å². The predicted molar refractivity (Wildman–Crippen MR) is 215 cm³/mol. The first kappa shape index (κ1) is 27.2. The molecule has 0 atom stereocenters. The summed E-state index contributed by atoms with van der Waals surface area (Å²) in [7, 11) is 0. The standard InChI is InChI=1S/C46H27NS2/c1-2-12-29(13-3-1)47-39-19-9-6-14-30(39)37-26-28(22-25-40(37)47)43-33-17-4-5-18-34(33)45-36(44(43)38-27-48-41-20-10-7-16-32(38)41)24-23-35-31-15-8-11-21-42(31)49-46(35)45/h1-27H. The van der Waals surface area contributed by atoms with Crippen LogP contribution in [-0.2, 0) is 0 Å². The molecule has 0 aliphatic carbocycles. The van der Waals surface area contributed by atoms with Crippen molar-refractivity contribution >= 4 is 96.3 Å². The maximum atomic E-state index is 2.45. The van der Waals surface area contributed by atoms with Gasteiger partial charge in [-0.2, -0.15) is 0 Å². The number of hydrogen-bond donors (Lipinski definition) is 0. The lowest BCUT2D eigenvalue weighted by Gasteiger charge is -2.19. The van der Waals surface area contributed by atoms with Gasteiger partial charge in [-0.15, -0.1) is 22.7 Å². The lowest BCUT2D eigenvalue weighted by molar-refractivity contribution is 1.18. The summed E-state index contributed by atoms with van der Waals surface area (Å²) in [5.74, 6) is 0. The number of hydrogen-bond acceptors (Lipinski definition) is 2. The molecule has 1 nitrogen and oxygen atoms in total. The number of fused-ring (bicyclic) bond motifs is 11. The second-order valence-electron chi connectivity index (χ2n) is 12.8. The SMILES string of the molecule is c1ccc(-n2c3ccccc3c3cc(-c4c(-c5csc6ccccc56)c5ccc6c7ccccc7sc6c5c5ccccc45)ccc32)cc1. The first-order chi connectivity index (χ1) is 24.3. The van der Waals surface area contributed by atoms with Crippen LogP contribution in [-0.4, -0.2) is 4.57 Å². The zero-order chi connectivity index (χ0) is 32.1. The fourth-order valence-corrected chi connectivity index (χ4v) is 10.4. The molecular formula is C46H27NS2. The first-order valence-electron chi connectivity index (χ1n) is 16.7. The van der Waals surface area contributed by atoms with E-state index in [2.05, 4.69) is 168 Å². The Hall–Kier alpha value is -5.74. The van der Waals surface area contributed by atoms with Gasteiger partial charge in [0, 0.05) is 57.7 Å². The minimum absolute atomic E-state index is 1.18. The van der Waals surface area contributed by atoms with Crippen molar-refractivity contribution in [3.05, 3.63) is 163 Å². The van der Waals surface area contributed by atoms with Gasteiger partial charge in [0.25, 0.3) is 0 Å². The monoisotopic (exact) mass is 657 g/mol. The van der Waals surface area contributed by atoms with Crippen molar-refractivity contribution in [2.45, 2.75) is 0 Å². The Labute approximate surface area is 290 Å². The van der Waals surface area contributed by atoms with Crippen LogP contribution in [0.5, 0.6) is 0 Å². The average molecular weight is 658 g/mol. The summed E-state index contributed by atoms with van der Waals surface area (Å²) >= 11 is 3.76. The topological polar surface area (TPSA) is 4.93 Å². The summed E-state index contributed by atoms with van der Waals surface area (Å²) in [5.41, 5.74) is 8.77. The maximum absolute atomic E-state index is 2.45. The Bertz CT molecular complexity index is 3100. The molecule has 8 aromatic carbocycles. The third-order valence-electron chi connectivity index (χ3n) is 10.3. The molecular weight excluding hydrogens is 631 g/mol.